The quantitative estimate of drug-likeness (QED) is 0.0352. The van der Waals surface area contributed by atoms with E-state index in [-0.39, 0.29) is 26.4 Å². The SMILES string of the molecule is C[Si](C)(C)O[Si](C)(C)O[Si](C)(CCCCCCCCCCCOCC(O)CO)O[Si](C)(C)O[Si](C)(C)CCCCCCCCCCCOCC(O)CO. The Morgan fingerprint density at radius 1 is 0.396 bits per heavy atom. The van der Waals surface area contributed by atoms with Gasteiger partial charge in [-0.05, 0) is 90.4 Å². The van der Waals surface area contributed by atoms with Crippen LogP contribution in [0.15, 0.2) is 0 Å². The molecule has 0 aromatic heterocycles. The number of hydrogen-bond acceptors (Lipinski definition) is 10. The van der Waals surface area contributed by atoms with E-state index in [0.29, 0.717) is 13.2 Å². The van der Waals surface area contributed by atoms with E-state index in [1.165, 1.54) is 89.5 Å². The van der Waals surface area contributed by atoms with Gasteiger partial charge in [0.1, 0.15) is 12.2 Å². The molecule has 0 radical (unpaired) electrons. The molecule has 15 heteroatoms. The van der Waals surface area contributed by atoms with Crippen LogP contribution in [0.25, 0.3) is 0 Å². The number of ether oxygens (including phenoxy) is 2. The van der Waals surface area contributed by atoms with E-state index in [1.54, 1.807) is 0 Å². The number of unbranched alkanes of at least 4 members (excludes halogenated alkanes) is 16. The number of rotatable bonds is 38. The van der Waals surface area contributed by atoms with Crippen LogP contribution < -0.4 is 0 Å². The third kappa shape index (κ3) is 34.4. The fraction of sp³-hybridized carbons (Fsp3) is 1.00. The zero-order chi connectivity index (χ0) is 40.3. The molecule has 0 aromatic rings. The van der Waals surface area contributed by atoms with E-state index in [4.69, 9.17) is 36.1 Å². The van der Waals surface area contributed by atoms with Crippen molar-refractivity contribution in [1.29, 1.82) is 0 Å². The summed E-state index contributed by atoms with van der Waals surface area (Å²) in [6.45, 7) is 23.9. The zero-order valence-electron chi connectivity index (χ0n) is 36.3. The Bertz CT molecular complexity index is 866. The predicted molar refractivity (Wildman–Crippen MR) is 232 cm³/mol. The van der Waals surface area contributed by atoms with Gasteiger partial charge in [-0.3, -0.25) is 0 Å². The van der Waals surface area contributed by atoms with Crippen LogP contribution >= 0.6 is 0 Å². The molecule has 3 unspecified atom stereocenters. The van der Waals surface area contributed by atoms with Crippen LogP contribution in [-0.2, 0) is 25.9 Å². The summed E-state index contributed by atoms with van der Waals surface area (Å²) >= 11 is 0. The maximum absolute atomic E-state index is 9.33. The Balaban J connectivity index is 4.62. The second kappa shape index (κ2) is 29.8. The van der Waals surface area contributed by atoms with Crippen LogP contribution in [-0.4, -0.2) is 115 Å². The van der Waals surface area contributed by atoms with Crippen LogP contribution in [0.2, 0.25) is 77.6 Å². The topological polar surface area (TPSA) is 136 Å². The van der Waals surface area contributed by atoms with Crippen molar-refractivity contribution in [1.82, 2.24) is 0 Å². The van der Waals surface area contributed by atoms with Gasteiger partial charge in [-0.1, -0.05) is 103 Å². The second-order valence-corrected chi connectivity index (χ2v) is 37.8. The van der Waals surface area contributed by atoms with Crippen LogP contribution in [0.4, 0.5) is 0 Å². The lowest BCUT2D eigenvalue weighted by molar-refractivity contribution is 0.00526. The minimum Gasteiger partial charge on any atom is -0.437 e. The lowest BCUT2D eigenvalue weighted by Gasteiger charge is -2.43. The van der Waals surface area contributed by atoms with Crippen molar-refractivity contribution in [2.45, 2.75) is 205 Å². The van der Waals surface area contributed by atoms with Crippen molar-refractivity contribution in [2.24, 2.45) is 0 Å². The number of aliphatic hydroxyl groups excluding tert-OH is 4. The van der Waals surface area contributed by atoms with Crippen molar-refractivity contribution >= 4 is 42.3 Å². The molecule has 0 saturated heterocycles. The first-order chi connectivity index (χ1) is 24.7. The van der Waals surface area contributed by atoms with Crippen molar-refractivity contribution in [2.75, 3.05) is 39.6 Å². The van der Waals surface area contributed by atoms with Crippen LogP contribution in [0.5, 0.6) is 0 Å². The monoisotopic (exact) mass is 845 g/mol. The van der Waals surface area contributed by atoms with Gasteiger partial charge in [0.05, 0.1) is 26.4 Å². The maximum atomic E-state index is 9.33. The summed E-state index contributed by atoms with van der Waals surface area (Å²) in [6.07, 6.45) is 20.2. The van der Waals surface area contributed by atoms with Crippen molar-refractivity contribution < 1.29 is 46.4 Å². The molecule has 0 amide bonds. The van der Waals surface area contributed by atoms with Crippen LogP contribution in [0.3, 0.4) is 0 Å². The fourth-order valence-electron chi connectivity index (χ4n) is 7.08. The van der Waals surface area contributed by atoms with Gasteiger partial charge in [0.25, 0.3) is 0 Å². The molecule has 320 valence electrons. The first kappa shape index (κ1) is 53.7. The Morgan fingerprint density at radius 3 is 1.08 bits per heavy atom. The van der Waals surface area contributed by atoms with Gasteiger partial charge in [0.2, 0.25) is 0 Å². The summed E-state index contributed by atoms with van der Waals surface area (Å²) in [7, 11) is -11.0. The molecule has 0 aliphatic heterocycles. The predicted octanol–water partition coefficient (Wildman–Crippen LogP) is 9.33. The van der Waals surface area contributed by atoms with Gasteiger partial charge in [-0.15, -0.1) is 0 Å². The summed E-state index contributed by atoms with van der Waals surface area (Å²) in [5.74, 6) is 0. The van der Waals surface area contributed by atoms with E-state index in [2.05, 4.69) is 65.5 Å². The summed E-state index contributed by atoms with van der Waals surface area (Å²) in [6, 6.07) is 2.15. The average Bonchev–Trinajstić information content (AvgIpc) is 3.02. The zero-order valence-corrected chi connectivity index (χ0v) is 41.3. The lowest BCUT2D eigenvalue weighted by Crippen LogP contribution is -2.59. The summed E-state index contributed by atoms with van der Waals surface area (Å²) in [4.78, 5) is 0. The minimum atomic E-state index is -2.55. The summed E-state index contributed by atoms with van der Waals surface area (Å²) < 4.78 is 38.6. The summed E-state index contributed by atoms with van der Waals surface area (Å²) in [5.41, 5.74) is 0. The highest BCUT2D eigenvalue weighted by atomic mass is 28.5. The molecule has 0 spiro atoms. The maximum Gasteiger partial charge on any atom is 0.317 e. The van der Waals surface area contributed by atoms with Gasteiger partial charge < -0.3 is 46.4 Å². The Kier molecular flexibility index (Phi) is 30.2. The Hall–Kier alpha value is 0.684. The molecular weight excluding hydrogens is 757 g/mol. The van der Waals surface area contributed by atoms with E-state index in [0.717, 1.165) is 38.1 Å². The molecule has 0 heterocycles. The third-order valence-corrected chi connectivity index (χ3v) is 27.8. The van der Waals surface area contributed by atoms with E-state index >= 15 is 0 Å². The fourth-order valence-corrected chi connectivity index (χ4v) is 31.5. The number of hydrogen-bond donors (Lipinski definition) is 4. The second-order valence-electron chi connectivity index (χ2n) is 17.9. The largest absolute Gasteiger partial charge is 0.437 e. The third-order valence-electron chi connectivity index (χ3n) is 9.03. The first-order valence-corrected chi connectivity index (χ1v) is 36.0. The van der Waals surface area contributed by atoms with Crippen LogP contribution in [0, 0.1) is 0 Å². The average molecular weight is 846 g/mol. The standard InChI is InChI=1S/C38H88O10Si5/c1-49(2,3)45-51(6,7)47-53(10,32-28-24-20-16-12-14-18-22-26-30-44-36-38(42)34-40)48-52(8,9)46-50(4,5)31-27-23-19-15-11-13-17-21-25-29-43-35-37(41)33-39/h37-42H,11-36H2,1-10H3. The molecule has 0 aliphatic rings. The Morgan fingerprint density at radius 2 is 0.717 bits per heavy atom. The molecule has 4 N–H and O–H groups in total. The molecule has 0 aliphatic carbocycles. The van der Waals surface area contributed by atoms with E-state index in [9.17, 15) is 10.2 Å². The molecule has 0 bridgehead atoms. The highest BCUT2D eigenvalue weighted by molar-refractivity contribution is 6.90. The lowest BCUT2D eigenvalue weighted by atomic mass is 10.1. The molecule has 0 saturated carbocycles. The molecule has 0 fully saturated rings. The van der Waals surface area contributed by atoms with Crippen LogP contribution in [0.1, 0.15) is 116 Å². The smallest absolute Gasteiger partial charge is 0.317 e. The van der Waals surface area contributed by atoms with Crippen molar-refractivity contribution in [3.63, 3.8) is 0 Å². The van der Waals surface area contributed by atoms with Gasteiger partial charge >= 0.3 is 25.7 Å². The normalized spacial score (nSPS) is 15.5. The molecule has 53 heavy (non-hydrogen) atoms. The van der Waals surface area contributed by atoms with E-state index < -0.39 is 54.5 Å². The molecule has 0 aromatic carbocycles. The van der Waals surface area contributed by atoms with Gasteiger partial charge in [-0.25, -0.2) is 0 Å². The first-order valence-electron chi connectivity index (χ1n) is 21.3. The number of aliphatic hydroxyl groups is 4. The van der Waals surface area contributed by atoms with Crippen molar-refractivity contribution in [3.8, 4) is 0 Å². The van der Waals surface area contributed by atoms with Gasteiger partial charge in [0.15, 0.2) is 16.6 Å². The molecular formula is C38H88O10Si5. The van der Waals surface area contributed by atoms with E-state index in [1.807, 2.05) is 0 Å². The highest BCUT2D eigenvalue weighted by Gasteiger charge is 2.47. The molecule has 3 atom stereocenters. The Labute approximate surface area is 332 Å². The highest BCUT2D eigenvalue weighted by Crippen LogP contribution is 2.31. The molecule has 0 rings (SSSR count). The summed E-state index contributed by atoms with van der Waals surface area (Å²) in [5, 5.41) is 36.3. The van der Waals surface area contributed by atoms with Gasteiger partial charge in [-0.2, -0.15) is 0 Å². The van der Waals surface area contributed by atoms with Crippen molar-refractivity contribution in [3.05, 3.63) is 0 Å². The molecule has 10 nitrogen and oxygen atoms in total. The minimum absolute atomic E-state index is 0.218. The van der Waals surface area contributed by atoms with Gasteiger partial charge in [0, 0.05) is 13.2 Å².